The first-order chi connectivity index (χ1) is 7.53. The zero-order valence-corrected chi connectivity index (χ0v) is 9.04. The molecule has 16 heavy (non-hydrogen) atoms. The van der Waals surface area contributed by atoms with Crippen molar-refractivity contribution in [1.82, 2.24) is 0 Å². The summed E-state index contributed by atoms with van der Waals surface area (Å²) in [5.74, 6) is -1.65. The van der Waals surface area contributed by atoms with Gasteiger partial charge in [0, 0.05) is 6.42 Å². The summed E-state index contributed by atoms with van der Waals surface area (Å²) in [4.78, 5) is 10.7. The predicted octanol–water partition coefficient (Wildman–Crippen LogP) is 0.915. The van der Waals surface area contributed by atoms with Gasteiger partial charge < -0.3 is 4.74 Å². The molecule has 0 radical (unpaired) electrons. The van der Waals surface area contributed by atoms with E-state index in [0.29, 0.717) is 0 Å². The standard InChI is InChI=1S/C10H9FO4S/c11-7-3-1-2-4-8(7)16(13,14)9-5-6-15-10(9)12/h1-4,9H,5-6H2. The van der Waals surface area contributed by atoms with Gasteiger partial charge in [-0.1, -0.05) is 12.1 Å². The second-order valence-corrected chi connectivity index (χ2v) is 5.52. The Morgan fingerprint density at radius 1 is 1.31 bits per heavy atom. The number of sulfone groups is 1. The van der Waals surface area contributed by atoms with Gasteiger partial charge in [0.25, 0.3) is 0 Å². The third-order valence-corrected chi connectivity index (χ3v) is 4.53. The highest BCUT2D eigenvalue weighted by atomic mass is 32.2. The SMILES string of the molecule is O=C1OCCC1S(=O)(=O)c1ccccc1F. The number of hydrogen-bond donors (Lipinski definition) is 0. The van der Waals surface area contributed by atoms with Gasteiger partial charge in [0.15, 0.2) is 15.1 Å². The van der Waals surface area contributed by atoms with E-state index in [9.17, 15) is 17.6 Å². The first-order valence-electron chi connectivity index (χ1n) is 4.68. The fourth-order valence-corrected chi connectivity index (χ4v) is 3.23. The van der Waals surface area contributed by atoms with Crippen molar-refractivity contribution in [2.45, 2.75) is 16.6 Å². The molecule has 1 aliphatic heterocycles. The van der Waals surface area contributed by atoms with Gasteiger partial charge in [-0.05, 0) is 12.1 Å². The van der Waals surface area contributed by atoms with Gasteiger partial charge in [0.1, 0.15) is 10.7 Å². The molecule has 4 nitrogen and oxygen atoms in total. The molecule has 0 aromatic heterocycles. The summed E-state index contributed by atoms with van der Waals surface area (Å²) in [5.41, 5.74) is 0. The molecule has 1 unspecified atom stereocenters. The van der Waals surface area contributed by atoms with Crippen molar-refractivity contribution >= 4 is 15.8 Å². The van der Waals surface area contributed by atoms with Crippen molar-refractivity contribution < 1.29 is 22.3 Å². The molecule has 0 aliphatic carbocycles. The van der Waals surface area contributed by atoms with Crippen molar-refractivity contribution in [1.29, 1.82) is 0 Å². The third kappa shape index (κ3) is 1.69. The Morgan fingerprint density at radius 2 is 2.00 bits per heavy atom. The normalized spacial score (nSPS) is 20.8. The van der Waals surface area contributed by atoms with E-state index in [4.69, 9.17) is 0 Å². The molecule has 1 aliphatic rings. The lowest BCUT2D eigenvalue weighted by Crippen LogP contribution is -2.26. The Hall–Kier alpha value is -1.43. The molecule has 1 saturated heterocycles. The Labute approximate surface area is 92.0 Å². The van der Waals surface area contributed by atoms with Gasteiger partial charge >= 0.3 is 5.97 Å². The van der Waals surface area contributed by atoms with E-state index in [-0.39, 0.29) is 13.0 Å². The summed E-state index contributed by atoms with van der Waals surface area (Å²) in [6, 6.07) is 5.00. The van der Waals surface area contributed by atoms with Gasteiger partial charge in [0.2, 0.25) is 0 Å². The number of carbonyl (C=O) groups is 1. The van der Waals surface area contributed by atoms with Crippen molar-refractivity contribution in [3.8, 4) is 0 Å². The molecule has 86 valence electrons. The molecule has 1 heterocycles. The van der Waals surface area contributed by atoms with Crippen LogP contribution in [0.15, 0.2) is 29.2 Å². The van der Waals surface area contributed by atoms with Crippen molar-refractivity contribution in [2.24, 2.45) is 0 Å². The van der Waals surface area contributed by atoms with Crippen LogP contribution in [0, 0.1) is 5.82 Å². The van der Waals surface area contributed by atoms with E-state index in [2.05, 4.69) is 4.74 Å². The van der Waals surface area contributed by atoms with Gasteiger partial charge in [-0.3, -0.25) is 4.79 Å². The van der Waals surface area contributed by atoms with E-state index in [1.807, 2.05) is 0 Å². The first kappa shape index (κ1) is 11.1. The molecule has 1 aromatic carbocycles. The maximum atomic E-state index is 13.3. The lowest BCUT2D eigenvalue weighted by atomic mass is 10.3. The smallest absolute Gasteiger partial charge is 0.324 e. The van der Waals surface area contributed by atoms with E-state index in [1.165, 1.54) is 12.1 Å². The lowest BCUT2D eigenvalue weighted by molar-refractivity contribution is -0.137. The number of rotatable bonds is 2. The summed E-state index contributed by atoms with van der Waals surface area (Å²) in [7, 11) is -3.97. The van der Waals surface area contributed by atoms with Crippen LogP contribution in [0.4, 0.5) is 4.39 Å². The maximum absolute atomic E-state index is 13.3. The van der Waals surface area contributed by atoms with Crippen LogP contribution in [0.25, 0.3) is 0 Å². The van der Waals surface area contributed by atoms with E-state index in [1.54, 1.807) is 0 Å². The number of benzene rings is 1. The number of carbonyl (C=O) groups excluding carboxylic acids is 1. The molecular weight excluding hydrogens is 235 g/mol. The third-order valence-electron chi connectivity index (χ3n) is 2.40. The second kappa shape index (κ2) is 3.86. The molecule has 6 heteroatoms. The van der Waals surface area contributed by atoms with E-state index < -0.39 is 31.8 Å². The molecule has 0 spiro atoms. The highest BCUT2D eigenvalue weighted by Crippen LogP contribution is 2.25. The molecule has 0 N–H and O–H groups in total. The van der Waals surface area contributed by atoms with E-state index >= 15 is 0 Å². The van der Waals surface area contributed by atoms with Crippen LogP contribution >= 0.6 is 0 Å². The predicted molar refractivity (Wildman–Crippen MR) is 52.9 cm³/mol. The molecular formula is C10H9FO4S. The quantitative estimate of drug-likeness (QED) is 0.726. The fourth-order valence-electron chi connectivity index (χ4n) is 1.59. The van der Waals surface area contributed by atoms with Crippen LogP contribution in [-0.2, 0) is 19.4 Å². The number of ether oxygens (including phenoxy) is 1. The fraction of sp³-hybridized carbons (Fsp3) is 0.300. The van der Waals surface area contributed by atoms with Crippen LogP contribution in [0.1, 0.15) is 6.42 Å². The van der Waals surface area contributed by atoms with Crippen molar-refractivity contribution in [3.63, 3.8) is 0 Å². The van der Waals surface area contributed by atoms with Gasteiger partial charge in [-0.25, -0.2) is 12.8 Å². The average Bonchev–Trinajstić information content (AvgIpc) is 2.65. The summed E-state index contributed by atoms with van der Waals surface area (Å²) in [6.45, 7) is 0.0666. The van der Waals surface area contributed by atoms with Gasteiger partial charge in [-0.2, -0.15) is 0 Å². The summed E-state index contributed by atoms with van der Waals surface area (Å²) < 4.78 is 41.8. The molecule has 0 amide bonds. The van der Waals surface area contributed by atoms with Crippen LogP contribution in [0.2, 0.25) is 0 Å². The molecule has 0 bridgehead atoms. The summed E-state index contributed by atoms with van der Waals surface area (Å²) in [6.07, 6.45) is 0.0789. The molecule has 1 atom stereocenters. The van der Waals surface area contributed by atoms with Crippen molar-refractivity contribution in [3.05, 3.63) is 30.1 Å². The van der Waals surface area contributed by atoms with Crippen LogP contribution in [0.3, 0.4) is 0 Å². The monoisotopic (exact) mass is 244 g/mol. The minimum absolute atomic E-state index is 0.0666. The summed E-state index contributed by atoms with van der Waals surface area (Å²) in [5, 5.41) is -1.27. The zero-order chi connectivity index (χ0) is 11.8. The Kier molecular flexibility index (Phi) is 2.67. The number of halogens is 1. The Morgan fingerprint density at radius 3 is 2.56 bits per heavy atom. The molecule has 1 fully saturated rings. The average molecular weight is 244 g/mol. The maximum Gasteiger partial charge on any atom is 0.324 e. The highest BCUT2D eigenvalue weighted by molar-refractivity contribution is 7.92. The first-order valence-corrected chi connectivity index (χ1v) is 6.23. The topological polar surface area (TPSA) is 60.4 Å². The number of esters is 1. The van der Waals surface area contributed by atoms with Crippen LogP contribution < -0.4 is 0 Å². The Bertz CT molecular complexity index is 523. The summed E-state index contributed by atoms with van der Waals surface area (Å²) >= 11 is 0. The second-order valence-electron chi connectivity index (χ2n) is 3.42. The lowest BCUT2D eigenvalue weighted by Gasteiger charge is -2.08. The van der Waals surface area contributed by atoms with Crippen molar-refractivity contribution in [2.75, 3.05) is 6.61 Å². The minimum atomic E-state index is -3.97. The van der Waals surface area contributed by atoms with E-state index in [0.717, 1.165) is 12.1 Å². The number of hydrogen-bond acceptors (Lipinski definition) is 4. The largest absolute Gasteiger partial charge is 0.465 e. The number of cyclic esters (lactones) is 1. The molecule has 1 aromatic rings. The molecule has 0 saturated carbocycles. The van der Waals surface area contributed by atoms with Gasteiger partial charge in [-0.15, -0.1) is 0 Å². The van der Waals surface area contributed by atoms with Gasteiger partial charge in [0.05, 0.1) is 6.61 Å². The highest BCUT2D eigenvalue weighted by Gasteiger charge is 2.40. The Balaban J connectivity index is 2.47. The van der Waals surface area contributed by atoms with Crippen LogP contribution in [-0.4, -0.2) is 26.2 Å². The zero-order valence-electron chi connectivity index (χ0n) is 8.22. The molecule has 2 rings (SSSR count). The minimum Gasteiger partial charge on any atom is -0.465 e. The van der Waals surface area contributed by atoms with Crippen LogP contribution in [0.5, 0.6) is 0 Å².